The van der Waals surface area contributed by atoms with Gasteiger partial charge in [-0.25, -0.2) is 9.18 Å². The molecule has 0 aliphatic carbocycles. The zero-order valence-corrected chi connectivity index (χ0v) is 18.4. The number of hydrogen-bond acceptors (Lipinski definition) is 4. The van der Waals surface area contributed by atoms with Crippen molar-refractivity contribution in [2.75, 3.05) is 13.7 Å². The Kier molecular flexibility index (Phi) is 7.10. The Morgan fingerprint density at radius 1 is 1.16 bits per heavy atom. The van der Waals surface area contributed by atoms with Crippen LogP contribution in [0.4, 0.5) is 4.39 Å². The van der Waals surface area contributed by atoms with Crippen LogP contribution in [0.5, 0.6) is 5.75 Å². The third-order valence-electron chi connectivity index (χ3n) is 5.36. The fraction of sp³-hybridized carbons (Fsp3) is 0.360. The summed E-state index contributed by atoms with van der Waals surface area (Å²) in [6.07, 6.45) is 0.116. The Labute approximate surface area is 182 Å². The van der Waals surface area contributed by atoms with Gasteiger partial charge in [-0.1, -0.05) is 44.2 Å². The van der Waals surface area contributed by atoms with Gasteiger partial charge in [-0.05, 0) is 36.6 Å². The van der Waals surface area contributed by atoms with E-state index in [-0.39, 0.29) is 30.6 Å². The molecule has 0 spiro atoms. The molecule has 0 unspecified atom stereocenters. The van der Waals surface area contributed by atoms with Crippen LogP contribution in [0.2, 0.25) is 0 Å². The molecule has 31 heavy (non-hydrogen) atoms. The molecule has 0 saturated heterocycles. The van der Waals surface area contributed by atoms with Crippen molar-refractivity contribution in [1.29, 1.82) is 0 Å². The highest BCUT2D eigenvalue weighted by Crippen LogP contribution is 2.41. The predicted molar refractivity (Wildman–Crippen MR) is 116 cm³/mol. The van der Waals surface area contributed by atoms with Gasteiger partial charge in [0.05, 0.1) is 25.8 Å². The number of esters is 1. The molecule has 2 aromatic rings. The molecule has 2 aromatic carbocycles. The summed E-state index contributed by atoms with van der Waals surface area (Å²) in [7, 11) is 1.57. The lowest BCUT2D eigenvalue weighted by Crippen LogP contribution is -2.38. The van der Waals surface area contributed by atoms with Gasteiger partial charge in [-0.15, -0.1) is 0 Å². The number of para-hydroxylation sites is 1. The summed E-state index contributed by atoms with van der Waals surface area (Å²) in [5.41, 5.74) is 2.55. The van der Waals surface area contributed by atoms with Gasteiger partial charge in [0.15, 0.2) is 0 Å². The SMILES string of the molecule is COc1ccccc1[C@H]1CC(=O)N(Cc2ccc(F)cc2)C(C)=C1C(=O)OCC(C)C. The number of hydrogen-bond donors (Lipinski definition) is 0. The third-order valence-corrected chi connectivity index (χ3v) is 5.36. The minimum Gasteiger partial charge on any atom is -0.496 e. The van der Waals surface area contributed by atoms with Crippen LogP contribution in [-0.4, -0.2) is 30.5 Å². The number of methoxy groups -OCH3 is 1. The molecular weight excluding hydrogens is 397 g/mol. The lowest BCUT2D eigenvalue weighted by Gasteiger charge is -2.35. The molecule has 164 valence electrons. The van der Waals surface area contributed by atoms with Crippen LogP contribution < -0.4 is 4.74 Å². The summed E-state index contributed by atoms with van der Waals surface area (Å²) >= 11 is 0. The van der Waals surface area contributed by atoms with Crippen LogP contribution in [0.25, 0.3) is 0 Å². The standard InChI is InChI=1S/C25H28FNO4/c1-16(2)15-31-25(29)24-17(3)27(14-18-9-11-19(26)12-10-18)23(28)13-21(24)20-7-5-6-8-22(20)30-4/h5-12,16,21H,13-15H2,1-4H3/t21-/m1/s1. The molecule has 1 amide bonds. The van der Waals surface area contributed by atoms with E-state index in [0.717, 1.165) is 11.1 Å². The molecule has 1 aliphatic heterocycles. The van der Waals surface area contributed by atoms with Gasteiger partial charge in [0.2, 0.25) is 5.91 Å². The van der Waals surface area contributed by atoms with E-state index in [4.69, 9.17) is 9.47 Å². The van der Waals surface area contributed by atoms with E-state index >= 15 is 0 Å². The Morgan fingerprint density at radius 2 is 1.84 bits per heavy atom. The number of carbonyl (C=O) groups is 2. The quantitative estimate of drug-likeness (QED) is 0.597. The van der Waals surface area contributed by atoms with E-state index in [1.54, 1.807) is 31.1 Å². The van der Waals surface area contributed by atoms with Gasteiger partial charge < -0.3 is 14.4 Å². The van der Waals surface area contributed by atoms with Crippen LogP contribution in [0, 0.1) is 11.7 Å². The Balaban J connectivity index is 2.03. The first-order chi connectivity index (χ1) is 14.8. The maximum atomic E-state index is 13.3. The normalized spacial score (nSPS) is 16.6. The fourth-order valence-electron chi connectivity index (χ4n) is 3.78. The van der Waals surface area contributed by atoms with Crippen molar-refractivity contribution in [1.82, 2.24) is 4.90 Å². The van der Waals surface area contributed by atoms with E-state index in [1.165, 1.54) is 12.1 Å². The second-order valence-corrected chi connectivity index (χ2v) is 8.10. The third kappa shape index (κ3) is 5.13. The predicted octanol–water partition coefficient (Wildman–Crippen LogP) is 4.82. The minimum absolute atomic E-state index is 0.113. The molecule has 0 aromatic heterocycles. The maximum absolute atomic E-state index is 13.3. The summed E-state index contributed by atoms with van der Waals surface area (Å²) in [6.45, 7) is 6.24. The van der Waals surface area contributed by atoms with E-state index < -0.39 is 11.9 Å². The number of carbonyl (C=O) groups excluding carboxylic acids is 2. The van der Waals surface area contributed by atoms with Crippen molar-refractivity contribution in [2.45, 2.75) is 39.7 Å². The van der Waals surface area contributed by atoms with E-state index in [9.17, 15) is 14.0 Å². The number of ether oxygens (including phenoxy) is 2. The molecule has 1 aliphatic rings. The second kappa shape index (κ2) is 9.77. The Hall–Kier alpha value is -3.15. The van der Waals surface area contributed by atoms with Crippen molar-refractivity contribution in [3.8, 4) is 5.75 Å². The molecule has 6 heteroatoms. The number of amides is 1. The summed E-state index contributed by atoms with van der Waals surface area (Å²) in [5, 5.41) is 0. The van der Waals surface area contributed by atoms with Crippen LogP contribution >= 0.6 is 0 Å². The zero-order valence-electron chi connectivity index (χ0n) is 18.4. The molecule has 0 radical (unpaired) electrons. The molecule has 1 heterocycles. The number of nitrogens with zero attached hydrogens (tertiary/aromatic N) is 1. The largest absolute Gasteiger partial charge is 0.496 e. The van der Waals surface area contributed by atoms with Crippen LogP contribution in [0.15, 0.2) is 59.8 Å². The summed E-state index contributed by atoms with van der Waals surface area (Å²) in [6, 6.07) is 13.4. The van der Waals surface area contributed by atoms with Crippen molar-refractivity contribution < 1.29 is 23.5 Å². The zero-order chi connectivity index (χ0) is 22.5. The highest BCUT2D eigenvalue weighted by Gasteiger charge is 2.38. The smallest absolute Gasteiger partial charge is 0.336 e. The van der Waals surface area contributed by atoms with Gasteiger partial charge >= 0.3 is 5.97 Å². The first kappa shape index (κ1) is 22.5. The first-order valence-corrected chi connectivity index (χ1v) is 10.4. The Morgan fingerprint density at radius 3 is 2.48 bits per heavy atom. The molecular formula is C25H28FNO4. The first-order valence-electron chi connectivity index (χ1n) is 10.4. The van der Waals surface area contributed by atoms with Crippen molar-refractivity contribution >= 4 is 11.9 Å². The van der Waals surface area contributed by atoms with Gasteiger partial charge in [-0.2, -0.15) is 0 Å². The number of halogens is 1. The molecule has 1 atom stereocenters. The molecule has 0 bridgehead atoms. The molecule has 0 fully saturated rings. The summed E-state index contributed by atoms with van der Waals surface area (Å²) in [5.74, 6) is -0.538. The van der Waals surface area contributed by atoms with E-state index in [1.807, 2.05) is 38.1 Å². The Bertz CT molecular complexity index is 981. The highest BCUT2D eigenvalue weighted by molar-refractivity contribution is 5.96. The van der Waals surface area contributed by atoms with Gasteiger partial charge in [0.25, 0.3) is 0 Å². The lowest BCUT2D eigenvalue weighted by molar-refractivity contribution is -0.141. The van der Waals surface area contributed by atoms with Crippen LogP contribution in [-0.2, 0) is 20.9 Å². The van der Waals surface area contributed by atoms with Crippen molar-refractivity contribution in [2.24, 2.45) is 5.92 Å². The number of benzene rings is 2. The van der Waals surface area contributed by atoms with E-state index in [2.05, 4.69) is 0 Å². The van der Waals surface area contributed by atoms with Gasteiger partial charge in [0, 0.05) is 23.6 Å². The number of allylic oxidation sites excluding steroid dienone is 1. The van der Waals surface area contributed by atoms with Crippen LogP contribution in [0.3, 0.4) is 0 Å². The summed E-state index contributed by atoms with van der Waals surface area (Å²) in [4.78, 5) is 27.8. The molecule has 0 N–H and O–H groups in total. The fourth-order valence-corrected chi connectivity index (χ4v) is 3.78. The minimum atomic E-state index is -0.465. The lowest BCUT2D eigenvalue weighted by atomic mass is 9.83. The molecule has 0 saturated carbocycles. The summed E-state index contributed by atoms with van der Waals surface area (Å²) < 4.78 is 24.3. The second-order valence-electron chi connectivity index (χ2n) is 8.10. The van der Waals surface area contributed by atoms with Gasteiger partial charge in [-0.3, -0.25) is 4.79 Å². The maximum Gasteiger partial charge on any atom is 0.336 e. The van der Waals surface area contributed by atoms with Crippen molar-refractivity contribution in [3.63, 3.8) is 0 Å². The average molecular weight is 426 g/mol. The number of rotatable bonds is 7. The monoisotopic (exact) mass is 425 g/mol. The topological polar surface area (TPSA) is 55.8 Å². The molecule has 3 rings (SSSR count). The van der Waals surface area contributed by atoms with Gasteiger partial charge in [0.1, 0.15) is 11.6 Å². The molecule has 5 nitrogen and oxygen atoms in total. The van der Waals surface area contributed by atoms with Crippen LogP contribution in [0.1, 0.15) is 44.2 Å². The average Bonchev–Trinajstić information content (AvgIpc) is 2.75. The van der Waals surface area contributed by atoms with Crippen molar-refractivity contribution in [3.05, 3.63) is 76.7 Å². The van der Waals surface area contributed by atoms with E-state index in [0.29, 0.717) is 23.6 Å². The highest BCUT2D eigenvalue weighted by atomic mass is 19.1.